The van der Waals surface area contributed by atoms with Gasteiger partial charge in [-0.1, -0.05) is 12.1 Å². The first kappa shape index (κ1) is 17.2. The molecule has 0 spiro atoms. The molecule has 1 aliphatic heterocycles. The second-order valence-electron chi connectivity index (χ2n) is 5.04. The van der Waals surface area contributed by atoms with E-state index in [0.29, 0.717) is 0 Å². The van der Waals surface area contributed by atoms with Crippen LogP contribution in [0.1, 0.15) is 11.6 Å². The lowest BCUT2D eigenvalue weighted by Crippen LogP contribution is -2.40. The smallest absolute Gasteiger partial charge is 0.193 e. The van der Waals surface area contributed by atoms with Crippen LogP contribution >= 0.6 is 24.0 Å². The molecule has 6 heteroatoms. The topological polar surface area (TPSA) is 30.9 Å². The van der Waals surface area contributed by atoms with Crippen molar-refractivity contribution in [1.29, 1.82) is 0 Å². The maximum atomic E-state index is 13.0. The number of nitrogens with one attached hydrogen (secondary N) is 1. The number of halogens is 2. The van der Waals surface area contributed by atoms with Crippen molar-refractivity contribution in [3.05, 3.63) is 35.6 Å². The summed E-state index contributed by atoms with van der Waals surface area (Å²) in [4.78, 5) is 8.64. The van der Waals surface area contributed by atoms with Gasteiger partial charge in [-0.25, -0.2) is 4.39 Å². The van der Waals surface area contributed by atoms with Crippen LogP contribution in [0.3, 0.4) is 0 Å². The highest BCUT2D eigenvalue weighted by molar-refractivity contribution is 14.0. The van der Waals surface area contributed by atoms with E-state index >= 15 is 0 Å². The lowest BCUT2D eigenvalue weighted by atomic mass is 10.1. The van der Waals surface area contributed by atoms with Gasteiger partial charge in [-0.05, 0) is 31.8 Å². The summed E-state index contributed by atoms with van der Waals surface area (Å²) in [5.41, 5.74) is 1.10. The molecule has 1 heterocycles. The molecule has 1 unspecified atom stereocenters. The van der Waals surface area contributed by atoms with Crippen LogP contribution in [0.15, 0.2) is 29.3 Å². The zero-order valence-corrected chi connectivity index (χ0v) is 14.5. The molecule has 0 radical (unpaired) electrons. The van der Waals surface area contributed by atoms with Gasteiger partial charge in [0.1, 0.15) is 5.82 Å². The number of nitrogens with zero attached hydrogens (tertiary/aromatic N) is 3. The molecule has 1 N–H and O–H groups in total. The maximum Gasteiger partial charge on any atom is 0.193 e. The monoisotopic (exact) mass is 392 g/mol. The second-order valence-corrected chi connectivity index (χ2v) is 5.04. The normalized spacial score (nSPS) is 15.8. The summed E-state index contributed by atoms with van der Waals surface area (Å²) in [6, 6.07) is 6.87. The van der Waals surface area contributed by atoms with Gasteiger partial charge >= 0.3 is 0 Å². The van der Waals surface area contributed by atoms with Gasteiger partial charge in [0.2, 0.25) is 0 Å². The van der Waals surface area contributed by atoms with Crippen molar-refractivity contribution in [3.63, 3.8) is 0 Å². The molecule has 0 bridgehead atoms. The van der Waals surface area contributed by atoms with Crippen LogP contribution < -0.4 is 5.32 Å². The van der Waals surface area contributed by atoms with E-state index in [1.807, 2.05) is 33.3 Å². The Balaban J connectivity index is 0.00000200. The third-order valence-corrected chi connectivity index (χ3v) is 3.39. The van der Waals surface area contributed by atoms with E-state index in [4.69, 9.17) is 0 Å². The SMILES string of the molecule is CN1CCN=C1NCC(c1ccc(F)cc1)N(C)C.I. The average Bonchev–Trinajstić information content (AvgIpc) is 2.77. The number of likely N-dealkylation sites (N-methyl/N-ethyl adjacent to an activating group) is 2. The molecular formula is C14H22FIN4. The fourth-order valence-electron chi connectivity index (χ4n) is 2.19. The lowest BCUT2D eigenvalue weighted by molar-refractivity contribution is 0.296. The van der Waals surface area contributed by atoms with E-state index < -0.39 is 0 Å². The fraction of sp³-hybridized carbons (Fsp3) is 0.500. The van der Waals surface area contributed by atoms with Gasteiger partial charge in [-0.3, -0.25) is 4.99 Å². The van der Waals surface area contributed by atoms with Crippen LogP contribution in [0.5, 0.6) is 0 Å². The van der Waals surface area contributed by atoms with Crippen LogP contribution in [0.25, 0.3) is 0 Å². The second kappa shape index (κ2) is 7.78. The predicted octanol–water partition coefficient (Wildman–Crippen LogP) is 1.94. The van der Waals surface area contributed by atoms with Crippen molar-refractivity contribution in [2.24, 2.45) is 4.99 Å². The Hall–Kier alpha value is -0.890. The van der Waals surface area contributed by atoms with E-state index in [9.17, 15) is 4.39 Å². The Morgan fingerprint density at radius 2 is 2.00 bits per heavy atom. The van der Waals surface area contributed by atoms with Crippen molar-refractivity contribution in [2.75, 3.05) is 40.8 Å². The molecule has 4 nitrogen and oxygen atoms in total. The van der Waals surface area contributed by atoms with Gasteiger partial charge in [-0.15, -0.1) is 24.0 Å². The zero-order chi connectivity index (χ0) is 13.8. The first-order valence-electron chi connectivity index (χ1n) is 6.49. The van der Waals surface area contributed by atoms with E-state index in [1.165, 1.54) is 12.1 Å². The van der Waals surface area contributed by atoms with Crippen LogP contribution in [-0.4, -0.2) is 56.5 Å². The molecule has 1 aromatic carbocycles. The summed E-state index contributed by atoms with van der Waals surface area (Å²) >= 11 is 0. The molecule has 20 heavy (non-hydrogen) atoms. The van der Waals surface area contributed by atoms with E-state index in [-0.39, 0.29) is 35.8 Å². The zero-order valence-electron chi connectivity index (χ0n) is 12.1. The van der Waals surface area contributed by atoms with Gasteiger partial charge in [0.15, 0.2) is 5.96 Å². The van der Waals surface area contributed by atoms with Crippen LogP contribution in [0, 0.1) is 5.82 Å². The first-order chi connectivity index (χ1) is 9.08. The molecule has 112 valence electrons. The number of hydrogen-bond donors (Lipinski definition) is 1. The van der Waals surface area contributed by atoms with E-state index in [0.717, 1.165) is 31.2 Å². The average molecular weight is 392 g/mol. The third kappa shape index (κ3) is 4.31. The van der Waals surface area contributed by atoms with E-state index in [2.05, 4.69) is 20.1 Å². The van der Waals surface area contributed by atoms with Crippen LogP contribution in [-0.2, 0) is 0 Å². The summed E-state index contributed by atoms with van der Waals surface area (Å²) < 4.78 is 13.0. The highest BCUT2D eigenvalue weighted by atomic mass is 127. The maximum absolute atomic E-state index is 13.0. The molecular weight excluding hydrogens is 370 g/mol. The Kier molecular flexibility index (Phi) is 6.67. The number of hydrogen-bond acceptors (Lipinski definition) is 4. The Labute approximate surface area is 137 Å². The van der Waals surface area contributed by atoms with Crippen molar-refractivity contribution in [3.8, 4) is 0 Å². The molecule has 0 saturated carbocycles. The number of rotatable bonds is 4. The number of aliphatic imine (C=N–C) groups is 1. The van der Waals surface area contributed by atoms with Gasteiger partial charge in [0.25, 0.3) is 0 Å². The van der Waals surface area contributed by atoms with Crippen molar-refractivity contribution in [1.82, 2.24) is 15.1 Å². The minimum Gasteiger partial charge on any atom is -0.354 e. The summed E-state index contributed by atoms with van der Waals surface area (Å²) in [6.45, 7) is 2.56. The van der Waals surface area contributed by atoms with Crippen LogP contribution in [0.4, 0.5) is 4.39 Å². The molecule has 0 saturated heterocycles. The molecule has 0 amide bonds. The highest BCUT2D eigenvalue weighted by Gasteiger charge is 2.17. The van der Waals surface area contributed by atoms with Gasteiger partial charge in [-0.2, -0.15) is 0 Å². The quantitative estimate of drug-likeness (QED) is 0.795. The molecule has 0 fully saturated rings. The highest BCUT2D eigenvalue weighted by Crippen LogP contribution is 2.17. The van der Waals surface area contributed by atoms with Gasteiger partial charge < -0.3 is 15.1 Å². The first-order valence-corrected chi connectivity index (χ1v) is 6.49. The minimum absolute atomic E-state index is 0. The minimum atomic E-state index is -0.200. The summed E-state index contributed by atoms with van der Waals surface area (Å²) in [5.74, 6) is 0.739. The molecule has 1 aromatic rings. The molecule has 2 rings (SSSR count). The summed E-state index contributed by atoms with van der Waals surface area (Å²) in [6.07, 6.45) is 0. The largest absolute Gasteiger partial charge is 0.354 e. The summed E-state index contributed by atoms with van der Waals surface area (Å²) in [7, 11) is 6.08. The van der Waals surface area contributed by atoms with Crippen molar-refractivity contribution < 1.29 is 4.39 Å². The van der Waals surface area contributed by atoms with Crippen molar-refractivity contribution in [2.45, 2.75) is 6.04 Å². The lowest BCUT2D eigenvalue weighted by Gasteiger charge is -2.26. The third-order valence-electron chi connectivity index (χ3n) is 3.39. The Bertz CT molecular complexity index is 447. The Morgan fingerprint density at radius 3 is 2.50 bits per heavy atom. The number of guanidine groups is 1. The van der Waals surface area contributed by atoms with Crippen molar-refractivity contribution >= 4 is 29.9 Å². The fourth-order valence-corrected chi connectivity index (χ4v) is 2.19. The molecule has 0 aromatic heterocycles. The summed E-state index contributed by atoms with van der Waals surface area (Å²) in [5, 5.41) is 3.37. The standard InChI is InChI=1S/C14H21FN4.HI/c1-18(2)13(11-4-6-12(15)7-5-11)10-17-14-16-8-9-19(14)3;/h4-7,13H,8-10H2,1-3H3,(H,16,17);1H. The van der Waals surface area contributed by atoms with E-state index in [1.54, 1.807) is 0 Å². The van der Waals surface area contributed by atoms with Crippen LogP contribution in [0.2, 0.25) is 0 Å². The predicted molar refractivity (Wildman–Crippen MR) is 91.2 cm³/mol. The molecule has 1 aliphatic rings. The van der Waals surface area contributed by atoms with Gasteiger partial charge in [0.05, 0.1) is 12.6 Å². The Morgan fingerprint density at radius 1 is 1.35 bits per heavy atom. The van der Waals surface area contributed by atoms with Gasteiger partial charge in [0, 0.05) is 20.1 Å². The molecule has 0 aliphatic carbocycles. The number of benzene rings is 1. The molecule has 1 atom stereocenters.